The van der Waals surface area contributed by atoms with E-state index in [4.69, 9.17) is 9.47 Å². The number of nitrogens with one attached hydrogen (secondary N) is 1. The van der Waals surface area contributed by atoms with Crippen LogP contribution in [0.5, 0.6) is 11.5 Å². The summed E-state index contributed by atoms with van der Waals surface area (Å²) < 4.78 is 10.8. The molecule has 0 aromatic heterocycles. The summed E-state index contributed by atoms with van der Waals surface area (Å²) in [6.45, 7) is 4.61. The Morgan fingerprint density at radius 1 is 1.10 bits per heavy atom. The van der Waals surface area contributed by atoms with E-state index in [2.05, 4.69) is 11.9 Å². The van der Waals surface area contributed by atoms with Gasteiger partial charge in [0.25, 0.3) is 5.91 Å². The standard InChI is InChI=1S/C23H29N3O4/c1-4-10-25-19-14-26(16-8-6-5-7-9-16)22(27)20(19)21(24-23(25)28)15-11-17(29-2)13-18(12-15)30-3/h4,11-13,16,21H,1,5-10,14H2,2-3H3,(H,24,28)/t21-/m0/s1. The molecule has 2 heterocycles. The fourth-order valence-corrected chi connectivity index (χ4v) is 4.77. The van der Waals surface area contributed by atoms with Gasteiger partial charge < -0.3 is 19.7 Å². The number of hydrogen-bond acceptors (Lipinski definition) is 4. The number of amides is 3. The maximum atomic E-state index is 13.6. The molecular formula is C23H29N3O4. The van der Waals surface area contributed by atoms with Gasteiger partial charge in [-0.25, -0.2) is 4.79 Å². The second-order valence-electron chi connectivity index (χ2n) is 8.01. The first-order valence-corrected chi connectivity index (χ1v) is 10.5. The minimum absolute atomic E-state index is 0.0118. The van der Waals surface area contributed by atoms with Crippen molar-refractivity contribution in [2.24, 2.45) is 0 Å². The van der Waals surface area contributed by atoms with Crippen LogP contribution in [0.3, 0.4) is 0 Å². The van der Waals surface area contributed by atoms with Crippen LogP contribution >= 0.6 is 0 Å². The Labute approximate surface area is 177 Å². The van der Waals surface area contributed by atoms with Gasteiger partial charge in [-0.2, -0.15) is 0 Å². The maximum Gasteiger partial charge on any atom is 0.322 e. The number of carbonyl (C=O) groups is 2. The lowest BCUT2D eigenvalue weighted by atomic mass is 9.93. The highest BCUT2D eigenvalue weighted by Gasteiger charge is 2.45. The summed E-state index contributed by atoms with van der Waals surface area (Å²) in [5.41, 5.74) is 2.18. The van der Waals surface area contributed by atoms with Crippen LogP contribution in [-0.2, 0) is 4.79 Å². The van der Waals surface area contributed by atoms with Gasteiger partial charge in [-0.05, 0) is 30.5 Å². The van der Waals surface area contributed by atoms with Crippen LogP contribution in [-0.4, -0.2) is 55.1 Å². The van der Waals surface area contributed by atoms with Crippen LogP contribution in [0.25, 0.3) is 0 Å². The zero-order chi connectivity index (χ0) is 21.3. The molecule has 4 rings (SSSR count). The first-order valence-electron chi connectivity index (χ1n) is 10.5. The highest BCUT2D eigenvalue weighted by Crippen LogP contribution is 2.40. The molecule has 0 unspecified atom stereocenters. The minimum atomic E-state index is -0.543. The third-order valence-corrected chi connectivity index (χ3v) is 6.28. The Hall–Kier alpha value is -2.96. The molecular weight excluding hydrogens is 382 g/mol. The van der Waals surface area contributed by atoms with Gasteiger partial charge in [0.15, 0.2) is 0 Å². The molecule has 1 fully saturated rings. The Kier molecular flexibility index (Phi) is 5.70. The fraction of sp³-hybridized carbons (Fsp3) is 0.478. The van der Waals surface area contributed by atoms with Crippen LogP contribution in [0.15, 0.2) is 42.1 Å². The van der Waals surface area contributed by atoms with Gasteiger partial charge in [0, 0.05) is 18.7 Å². The molecule has 0 bridgehead atoms. The average Bonchev–Trinajstić information content (AvgIpc) is 3.12. The van der Waals surface area contributed by atoms with E-state index in [0.717, 1.165) is 36.9 Å². The number of rotatable bonds is 6. The van der Waals surface area contributed by atoms with E-state index < -0.39 is 6.04 Å². The van der Waals surface area contributed by atoms with Crippen molar-refractivity contribution in [3.05, 3.63) is 47.7 Å². The van der Waals surface area contributed by atoms with Crippen LogP contribution in [0.1, 0.15) is 43.7 Å². The molecule has 2 aliphatic heterocycles. The largest absolute Gasteiger partial charge is 0.497 e. The second kappa shape index (κ2) is 8.42. The van der Waals surface area contributed by atoms with E-state index in [-0.39, 0.29) is 18.0 Å². The molecule has 3 amide bonds. The van der Waals surface area contributed by atoms with E-state index in [9.17, 15) is 9.59 Å². The van der Waals surface area contributed by atoms with E-state index in [1.54, 1.807) is 31.3 Å². The zero-order valence-corrected chi connectivity index (χ0v) is 17.6. The van der Waals surface area contributed by atoms with Gasteiger partial charge in [0.05, 0.1) is 38.1 Å². The Balaban J connectivity index is 1.76. The van der Waals surface area contributed by atoms with Gasteiger partial charge in [0.1, 0.15) is 11.5 Å². The molecule has 1 saturated carbocycles. The molecule has 160 valence electrons. The van der Waals surface area contributed by atoms with Crippen molar-refractivity contribution >= 4 is 11.9 Å². The number of methoxy groups -OCH3 is 2. The Morgan fingerprint density at radius 3 is 2.37 bits per heavy atom. The summed E-state index contributed by atoms with van der Waals surface area (Å²) in [6.07, 6.45) is 7.24. The summed E-state index contributed by atoms with van der Waals surface area (Å²) in [5, 5.41) is 3.02. The third kappa shape index (κ3) is 3.53. The number of urea groups is 1. The highest BCUT2D eigenvalue weighted by atomic mass is 16.5. The van der Waals surface area contributed by atoms with Gasteiger partial charge in [-0.15, -0.1) is 6.58 Å². The van der Waals surface area contributed by atoms with E-state index >= 15 is 0 Å². The quantitative estimate of drug-likeness (QED) is 0.729. The van der Waals surface area contributed by atoms with Gasteiger partial charge in [0.2, 0.25) is 0 Å². The zero-order valence-electron chi connectivity index (χ0n) is 17.6. The molecule has 7 nitrogen and oxygen atoms in total. The van der Waals surface area contributed by atoms with E-state index in [1.165, 1.54) is 6.42 Å². The van der Waals surface area contributed by atoms with Crippen molar-refractivity contribution in [2.75, 3.05) is 27.3 Å². The summed E-state index contributed by atoms with van der Waals surface area (Å²) in [5.74, 6) is 1.24. The number of nitrogens with zero attached hydrogens (tertiary/aromatic N) is 2. The van der Waals surface area contributed by atoms with E-state index in [1.807, 2.05) is 17.0 Å². The van der Waals surface area contributed by atoms with Crippen molar-refractivity contribution in [1.82, 2.24) is 15.1 Å². The maximum absolute atomic E-state index is 13.6. The molecule has 3 aliphatic rings. The predicted octanol–water partition coefficient (Wildman–Crippen LogP) is 3.39. The van der Waals surface area contributed by atoms with E-state index in [0.29, 0.717) is 30.2 Å². The highest BCUT2D eigenvalue weighted by molar-refractivity contribution is 6.01. The topological polar surface area (TPSA) is 71.1 Å². The lowest BCUT2D eigenvalue weighted by Gasteiger charge is -2.33. The average molecular weight is 412 g/mol. The molecule has 0 radical (unpaired) electrons. The van der Waals surface area contributed by atoms with Crippen molar-refractivity contribution < 1.29 is 19.1 Å². The Bertz CT molecular complexity index is 866. The van der Waals surface area contributed by atoms with Crippen molar-refractivity contribution in [3.63, 3.8) is 0 Å². The van der Waals surface area contributed by atoms with Crippen molar-refractivity contribution in [1.29, 1.82) is 0 Å². The molecule has 1 N–H and O–H groups in total. The molecule has 1 atom stereocenters. The normalized spacial score (nSPS) is 22.1. The fourth-order valence-electron chi connectivity index (χ4n) is 4.77. The molecule has 7 heteroatoms. The van der Waals surface area contributed by atoms with Crippen LogP contribution in [0, 0.1) is 0 Å². The third-order valence-electron chi connectivity index (χ3n) is 6.28. The number of hydrogen-bond donors (Lipinski definition) is 1. The lowest BCUT2D eigenvalue weighted by Crippen LogP contribution is -2.47. The summed E-state index contributed by atoms with van der Waals surface area (Å²) in [7, 11) is 3.17. The van der Waals surface area contributed by atoms with Crippen molar-refractivity contribution in [3.8, 4) is 11.5 Å². The second-order valence-corrected chi connectivity index (χ2v) is 8.01. The number of benzene rings is 1. The van der Waals surface area contributed by atoms with Crippen molar-refractivity contribution in [2.45, 2.75) is 44.2 Å². The van der Waals surface area contributed by atoms with Gasteiger partial charge in [-0.1, -0.05) is 25.3 Å². The lowest BCUT2D eigenvalue weighted by molar-refractivity contribution is -0.128. The van der Waals surface area contributed by atoms with Crippen LogP contribution in [0.2, 0.25) is 0 Å². The number of ether oxygens (including phenoxy) is 2. The summed E-state index contributed by atoms with van der Waals surface area (Å²) >= 11 is 0. The summed E-state index contributed by atoms with van der Waals surface area (Å²) in [4.78, 5) is 30.1. The smallest absolute Gasteiger partial charge is 0.322 e. The molecule has 0 saturated heterocycles. The SMILES string of the molecule is C=CCN1C(=O)N[C@@H](c2cc(OC)cc(OC)c2)C2=C1CN(C1CCCCC1)C2=O. The molecule has 30 heavy (non-hydrogen) atoms. The molecule has 1 aromatic rings. The molecule has 0 spiro atoms. The molecule has 1 aromatic carbocycles. The van der Waals surface area contributed by atoms with Gasteiger partial charge in [-0.3, -0.25) is 9.69 Å². The first kappa shape index (κ1) is 20.3. The van der Waals surface area contributed by atoms with Gasteiger partial charge >= 0.3 is 6.03 Å². The Morgan fingerprint density at radius 2 is 1.77 bits per heavy atom. The number of carbonyl (C=O) groups excluding carboxylic acids is 2. The predicted molar refractivity (Wildman–Crippen MR) is 113 cm³/mol. The van der Waals surface area contributed by atoms with Crippen LogP contribution < -0.4 is 14.8 Å². The van der Waals surface area contributed by atoms with Crippen LogP contribution in [0.4, 0.5) is 4.79 Å². The summed E-state index contributed by atoms with van der Waals surface area (Å²) in [6, 6.07) is 4.93. The molecule has 1 aliphatic carbocycles. The monoisotopic (exact) mass is 411 g/mol. The minimum Gasteiger partial charge on any atom is -0.497 e. The first-order chi connectivity index (χ1) is 14.6.